The number of rotatable bonds is 8. The third-order valence-corrected chi connectivity index (χ3v) is 5.62. The average Bonchev–Trinajstić information content (AvgIpc) is 2.80. The molecule has 3 rings (SSSR count). The summed E-state index contributed by atoms with van der Waals surface area (Å²) in [5, 5.41) is 13.2. The van der Waals surface area contributed by atoms with Gasteiger partial charge in [0.2, 0.25) is 0 Å². The van der Waals surface area contributed by atoms with E-state index in [1.807, 2.05) is 51.1 Å². The van der Waals surface area contributed by atoms with Gasteiger partial charge < -0.3 is 14.8 Å². The molecule has 0 saturated heterocycles. The summed E-state index contributed by atoms with van der Waals surface area (Å²) in [5.41, 5.74) is 4.56. The molecule has 0 aliphatic carbocycles. The molecule has 0 aliphatic rings. The fourth-order valence-corrected chi connectivity index (χ4v) is 3.61. The van der Waals surface area contributed by atoms with Crippen molar-refractivity contribution in [3.05, 3.63) is 86.9 Å². The SMILES string of the molecule is CCOc1cc(/C=C(\C#N)c2ccc(C)cc2)cc(Cl)c1OCC(=O)Nc1ccc(C)c(Cl)c1. The number of benzene rings is 3. The van der Waals surface area contributed by atoms with Crippen LogP contribution >= 0.6 is 23.2 Å². The standard InChI is InChI=1S/C27H24Cl2N2O3/c1-4-33-25-13-19(11-21(15-30)20-8-5-17(2)6-9-20)12-24(29)27(25)34-16-26(32)31-22-10-7-18(3)23(28)14-22/h5-14H,4,16H2,1-3H3,(H,31,32)/b21-11+. The van der Waals surface area contributed by atoms with Crippen LogP contribution in [0.25, 0.3) is 11.6 Å². The van der Waals surface area contributed by atoms with E-state index < -0.39 is 0 Å². The maximum atomic E-state index is 12.4. The van der Waals surface area contributed by atoms with Gasteiger partial charge in [-0.2, -0.15) is 5.26 Å². The van der Waals surface area contributed by atoms with Crippen LogP contribution in [-0.2, 0) is 4.79 Å². The second kappa shape index (κ2) is 11.6. The number of allylic oxidation sites excluding steroid dienone is 1. The number of ether oxygens (including phenoxy) is 2. The summed E-state index contributed by atoms with van der Waals surface area (Å²) in [6.07, 6.45) is 1.73. The van der Waals surface area contributed by atoms with Gasteiger partial charge in [0.15, 0.2) is 18.1 Å². The number of nitriles is 1. The zero-order valence-corrected chi connectivity index (χ0v) is 20.6. The molecule has 0 unspecified atom stereocenters. The van der Waals surface area contributed by atoms with Gasteiger partial charge in [0.05, 0.1) is 23.3 Å². The van der Waals surface area contributed by atoms with E-state index in [2.05, 4.69) is 11.4 Å². The molecular weight excluding hydrogens is 471 g/mol. The van der Waals surface area contributed by atoms with E-state index >= 15 is 0 Å². The van der Waals surface area contributed by atoms with Gasteiger partial charge in [-0.05, 0) is 67.8 Å². The number of carbonyl (C=O) groups excluding carboxylic acids is 1. The molecule has 34 heavy (non-hydrogen) atoms. The number of hydrogen-bond acceptors (Lipinski definition) is 4. The molecule has 7 heteroatoms. The van der Waals surface area contributed by atoms with Crippen molar-refractivity contribution in [2.45, 2.75) is 20.8 Å². The largest absolute Gasteiger partial charge is 0.490 e. The number of nitrogens with zero attached hydrogens (tertiary/aromatic N) is 1. The van der Waals surface area contributed by atoms with Crippen molar-refractivity contribution in [1.82, 2.24) is 0 Å². The Hall–Kier alpha value is -3.46. The highest BCUT2D eigenvalue weighted by Gasteiger charge is 2.15. The minimum atomic E-state index is -0.367. The van der Waals surface area contributed by atoms with Gasteiger partial charge in [-0.3, -0.25) is 4.79 Å². The van der Waals surface area contributed by atoms with E-state index in [9.17, 15) is 10.1 Å². The average molecular weight is 495 g/mol. The molecular formula is C27H24Cl2N2O3. The minimum Gasteiger partial charge on any atom is -0.490 e. The molecule has 0 aliphatic heterocycles. The molecule has 0 radical (unpaired) electrons. The first-order valence-electron chi connectivity index (χ1n) is 10.6. The lowest BCUT2D eigenvalue weighted by atomic mass is 10.0. The molecule has 0 spiro atoms. The van der Waals surface area contributed by atoms with Crippen molar-refractivity contribution in [2.24, 2.45) is 0 Å². The van der Waals surface area contributed by atoms with Crippen LogP contribution in [0.5, 0.6) is 11.5 Å². The maximum Gasteiger partial charge on any atom is 0.262 e. The molecule has 0 bridgehead atoms. The first-order valence-corrected chi connectivity index (χ1v) is 11.4. The molecule has 174 valence electrons. The summed E-state index contributed by atoms with van der Waals surface area (Å²) in [6, 6.07) is 18.6. The van der Waals surface area contributed by atoms with E-state index in [-0.39, 0.29) is 23.3 Å². The number of carbonyl (C=O) groups is 1. The van der Waals surface area contributed by atoms with Crippen molar-refractivity contribution >= 4 is 46.4 Å². The Morgan fingerprint density at radius 3 is 2.41 bits per heavy atom. The van der Waals surface area contributed by atoms with E-state index in [4.69, 9.17) is 32.7 Å². The van der Waals surface area contributed by atoms with Gasteiger partial charge in [-0.25, -0.2) is 0 Å². The van der Waals surface area contributed by atoms with Gasteiger partial charge in [-0.1, -0.05) is 59.1 Å². The van der Waals surface area contributed by atoms with E-state index in [0.717, 1.165) is 16.7 Å². The Morgan fingerprint density at radius 2 is 1.76 bits per heavy atom. The maximum absolute atomic E-state index is 12.4. The molecule has 1 N–H and O–H groups in total. The third kappa shape index (κ3) is 6.54. The predicted octanol–water partition coefficient (Wildman–Crippen LogP) is 7.09. The first kappa shape index (κ1) is 25.2. The first-order chi connectivity index (χ1) is 16.3. The molecule has 5 nitrogen and oxygen atoms in total. The predicted molar refractivity (Wildman–Crippen MR) is 138 cm³/mol. The van der Waals surface area contributed by atoms with Gasteiger partial charge in [0, 0.05) is 10.7 Å². The Kier molecular flexibility index (Phi) is 8.59. The second-order valence-corrected chi connectivity index (χ2v) is 8.41. The summed E-state index contributed by atoms with van der Waals surface area (Å²) in [4.78, 5) is 12.4. The van der Waals surface area contributed by atoms with Crippen molar-refractivity contribution in [3.63, 3.8) is 0 Å². The van der Waals surface area contributed by atoms with E-state index in [1.54, 1.807) is 30.3 Å². The highest BCUT2D eigenvalue weighted by molar-refractivity contribution is 6.32. The normalized spacial score (nSPS) is 11.0. The second-order valence-electron chi connectivity index (χ2n) is 7.60. The van der Waals surface area contributed by atoms with Crippen LogP contribution in [0.4, 0.5) is 5.69 Å². The third-order valence-electron chi connectivity index (χ3n) is 4.93. The summed E-state index contributed by atoms with van der Waals surface area (Å²) in [5.74, 6) is 0.272. The quantitative estimate of drug-likeness (QED) is 0.268. The number of aryl methyl sites for hydroxylation is 2. The van der Waals surface area contributed by atoms with Crippen molar-refractivity contribution < 1.29 is 14.3 Å². The number of amides is 1. The number of halogens is 2. The topological polar surface area (TPSA) is 71.3 Å². The smallest absolute Gasteiger partial charge is 0.262 e. The molecule has 1 amide bonds. The lowest BCUT2D eigenvalue weighted by molar-refractivity contribution is -0.118. The number of anilines is 1. The monoisotopic (exact) mass is 494 g/mol. The fourth-order valence-electron chi connectivity index (χ4n) is 3.16. The fraction of sp³-hybridized carbons (Fsp3) is 0.185. The highest BCUT2D eigenvalue weighted by atomic mass is 35.5. The highest BCUT2D eigenvalue weighted by Crippen LogP contribution is 2.38. The minimum absolute atomic E-state index is 0.256. The number of nitrogens with one attached hydrogen (secondary N) is 1. The Balaban J connectivity index is 1.80. The van der Waals surface area contributed by atoms with Crippen LogP contribution in [0.15, 0.2) is 54.6 Å². The van der Waals surface area contributed by atoms with Gasteiger partial charge in [0.1, 0.15) is 0 Å². The van der Waals surface area contributed by atoms with Crippen molar-refractivity contribution in [3.8, 4) is 17.6 Å². The Bertz CT molecular complexity index is 1260. The zero-order valence-electron chi connectivity index (χ0n) is 19.1. The summed E-state index contributed by atoms with van der Waals surface area (Å²) >= 11 is 12.6. The molecule has 0 atom stereocenters. The summed E-state index contributed by atoms with van der Waals surface area (Å²) in [7, 11) is 0. The van der Waals surface area contributed by atoms with Crippen LogP contribution in [0.2, 0.25) is 10.0 Å². The van der Waals surface area contributed by atoms with Gasteiger partial charge in [-0.15, -0.1) is 0 Å². The van der Waals surface area contributed by atoms with E-state index in [0.29, 0.717) is 34.2 Å². The van der Waals surface area contributed by atoms with Crippen molar-refractivity contribution in [2.75, 3.05) is 18.5 Å². The molecule has 3 aromatic carbocycles. The van der Waals surface area contributed by atoms with Crippen molar-refractivity contribution in [1.29, 1.82) is 5.26 Å². The van der Waals surface area contributed by atoms with Gasteiger partial charge in [0.25, 0.3) is 5.91 Å². The molecule has 0 aromatic heterocycles. The van der Waals surface area contributed by atoms with Crippen LogP contribution < -0.4 is 14.8 Å². The molecule has 0 fully saturated rings. The lowest BCUT2D eigenvalue weighted by Crippen LogP contribution is -2.20. The lowest BCUT2D eigenvalue weighted by Gasteiger charge is -2.15. The Labute approximate surface area is 209 Å². The van der Waals surface area contributed by atoms with E-state index in [1.165, 1.54) is 0 Å². The van der Waals surface area contributed by atoms with Gasteiger partial charge >= 0.3 is 0 Å². The molecule has 0 saturated carbocycles. The molecule has 3 aromatic rings. The zero-order chi connectivity index (χ0) is 24.7. The number of hydrogen-bond donors (Lipinski definition) is 1. The summed E-state index contributed by atoms with van der Waals surface area (Å²) < 4.78 is 11.4. The molecule has 0 heterocycles. The van der Waals surface area contributed by atoms with Crippen LogP contribution in [-0.4, -0.2) is 19.1 Å². The Morgan fingerprint density at radius 1 is 1.03 bits per heavy atom. The van der Waals surface area contributed by atoms with Crippen LogP contribution in [0, 0.1) is 25.2 Å². The van der Waals surface area contributed by atoms with Crippen LogP contribution in [0.3, 0.4) is 0 Å². The van der Waals surface area contributed by atoms with Crippen LogP contribution in [0.1, 0.15) is 29.2 Å². The summed E-state index contributed by atoms with van der Waals surface area (Å²) in [6.45, 7) is 5.81.